The first-order valence-corrected chi connectivity index (χ1v) is 6.31. The molecule has 0 spiro atoms. The Labute approximate surface area is 103 Å². The minimum absolute atomic E-state index is 0.506. The van der Waals surface area contributed by atoms with E-state index in [1.807, 2.05) is 19.1 Å². The second kappa shape index (κ2) is 6.74. The first-order valence-electron chi connectivity index (χ1n) is 5.78. The SMILES string of the molecule is Cc1cc(CCl)cc(OCCCC(C)C)n1. The van der Waals surface area contributed by atoms with E-state index >= 15 is 0 Å². The van der Waals surface area contributed by atoms with Crippen LogP contribution in [-0.4, -0.2) is 11.6 Å². The van der Waals surface area contributed by atoms with Crippen molar-refractivity contribution in [2.24, 2.45) is 5.92 Å². The van der Waals surface area contributed by atoms with Crippen molar-refractivity contribution in [1.82, 2.24) is 4.98 Å². The van der Waals surface area contributed by atoms with Crippen LogP contribution in [0.2, 0.25) is 0 Å². The molecule has 0 fully saturated rings. The highest BCUT2D eigenvalue weighted by molar-refractivity contribution is 6.17. The number of ether oxygens (including phenoxy) is 1. The molecule has 1 aromatic rings. The summed E-state index contributed by atoms with van der Waals surface area (Å²) in [4.78, 5) is 4.32. The predicted octanol–water partition coefficient (Wildman–Crippen LogP) is 3.94. The van der Waals surface area contributed by atoms with Crippen LogP contribution in [0.5, 0.6) is 5.88 Å². The molecular weight excluding hydrogens is 222 g/mol. The lowest BCUT2D eigenvalue weighted by atomic mass is 10.1. The number of alkyl halides is 1. The Hall–Kier alpha value is -0.760. The van der Waals surface area contributed by atoms with Crippen LogP contribution in [0.1, 0.15) is 37.9 Å². The summed E-state index contributed by atoms with van der Waals surface area (Å²) in [6.45, 7) is 7.13. The normalized spacial score (nSPS) is 10.8. The first-order chi connectivity index (χ1) is 7.61. The maximum atomic E-state index is 5.79. The van der Waals surface area contributed by atoms with Crippen molar-refractivity contribution in [1.29, 1.82) is 0 Å². The smallest absolute Gasteiger partial charge is 0.213 e. The lowest BCUT2D eigenvalue weighted by Gasteiger charge is -2.08. The molecule has 0 unspecified atom stereocenters. The van der Waals surface area contributed by atoms with E-state index in [2.05, 4.69) is 18.8 Å². The molecule has 1 rings (SSSR count). The molecule has 1 heterocycles. The Balaban J connectivity index is 2.44. The summed E-state index contributed by atoms with van der Waals surface area (Å²) in [6, 6.07) is 3.89. The summed E-state index contributed by atoms with van der Waals surface area (Å²) < 4.78 is 5.61. The Kier molecular flexibility index (Phi) is 5.61. The zero-order valence-corrected chi connectivity index (χ0v) is 11.0. The number of pyridine rings is 1. The molecule has 0 aliphatic heterocycles. The van der Waals surface area contributed by atoms with Crippen molar-refractivity contribution in [3.05, 3.63) is 23.4 Å². The van der Waals surface area contributed by atoms with Gasteiger partial charge in [0, 0.05) is 17.6 Å². The van der Waals surface area contributed by atoms with Gasteiger partial charge in [-0.1, -0.05) is 13.8 Å². The van der Waals surface area contributed by atoms with Crippen LogP contribution in [-0.2, 0) is 5.88 Å². The molecule has 90 valence electrons. The second-order valence-corrected chi connectivity index (χ2v) is 4.74. The van der Waals surface area contributed by atoms with Crippen LogP contribution in [0.25, 0.3) is 0 Å². The summed E-state index contributed by atoms with van der Waals surface area (Å²) in [5.41, 5.74) is 2.02. The number of nitrogens with zero attached hydrogens (tertiary/aromatic N) is 1. The van der Waals surface area contributed by atoms with Crippen molar-refractivity contribution in [2.75, 3.05) is 6.61 Å². The van der Waals surface area contributed by atoms with Gasteiger partial charge in [-0.2, -0.15) is 0 Å². The zero-order chi connectivity index (χ0) is 12.0. The maximum absolute atomic E-state index is 5.79. The van der Waals surface area contributed by atoms with Gasteiger partial charge in [0.1, 0.15) is 0 Å². The third-order valence-corrected chi connectivity index (χ3v) is 2.63. The second-order valence-electron chi connectivity index (χ2n) is 4.47. The van der Waals surface area contributed by atoms with Gasteiger partial charge in [0.25, 0.3) is 0 Å². The molecule has 16 heavy (non-hydrogen) atoms. The highest BCUT2D eigenvalue weighted by Crippen LogP contribution is 2.15. The number of aryl methyl sites for hydroxylation is 1. The fourth-order valence-electron chi connectivity index (χ4n) is 1.53. The summed E-state index contributed by atoms with van der Waals surface area (Å²) in [5, 5.41) is 0. The van der Waals surface area contributed by atoms with Crippen LogP contribution < -0.4 is 4.74 Å². The van der Waals surface area contributed by atoms with Gasteiger partial charge in [0.15, 0.2) is 0 Å². The fraction of sp³-hybridized carbons (Fsp3) is 0.615. The molecule has 0 amide bonds. The molecule has 0 radical (unpaired) electrons. The molecule has 0 saturated carbocycles. The van der Waals surface area contributed by atoms with Gasteiger partial charge in [0.2, 0.25) is 5.88 Å². The van der Waals surface area contributed by atoms with E-state index in [4.69, 9.17) is 16.3 Å². The molecule has 0 aliphatic rings. The standard InChI is InChI=1S/C13H20ClNO/c1-10(2)5-4-6-16-13-8-12(9-14)7-11(3)15-13/h7-8,10H,4-6,9H2,1-3H3. The van der Waals surface area contributed by atoms with Crippen LogP contribution in [0.3, 0.4) is 0 Å². The quantitative estimate of drug-likeness (QED) is 0.556. The Bertz CT molecular complexity index is 326. The fourth-order valence-corrected chi connectivity index (χ4v) is 1.68. The third kappa shape index (κ3) is 4.84. The Morgan fingerprint density at radius 3 is 2.75 bits per heavy atom. The zero-order valence-electron chi connectivity index (χ0n) is 10.3. The van der Waals surface area contributed by atoms with Gasteiger partial charge in [-0.05, 0) is 37.3 Å². The number of halogens is 1. The monoisotopic (exact) mass is 241 g/mol. The number of rotatable bonds is 6. The van der Waals surface area contributed by atoms with Gasteiger partial charge in [-0.25, -0.2) is 4.98 Å². The summed E-state index contributed by atoms with van der Waals surface area (Å²) in [5.74, 6) is 1.93. The van der Waals surface area contributed by atoms with E-state index in [-0.39, 0.29) is 0 Å². The highest BCUT2D eigenvalue weighted by Gasteiger charge is 2.01. The van der Waals surface area contributed by atoms with Crippen molar-refractivity contribution in [2.45, 2.75) is 39.5 Å². The molecule has 0 saturated heterocycles. The summed E-state index contributed by atoms with van der Waals surface area (Å²) in [6.07, 6.45) is 2.26. The molecule has 3 heteroatoms. The van der Waals surface area contributed by atoms with Crippen molar-refractivity contribution in [3.63, 3.8) is 0 Å². The molecule has 1 aromatic heterocycles. The minimum atomic E-state index is 0.506. The lowest BCUT2D eigenvalue weighted by Crippen LogP contribution is -2.02. The van der Waals surface area contributed by atoms with Gasteiger partial charge in [0.05, 0.1) is 6.61 Å². The van der Waals surface area contributed by atoms with E-state index in [0.29, 0.717) is 11.8 Å². The van der Waals surface area contributed by atoms with Crippen molar-refractivity contribution in [3.8, 4) is 5.88 Å². The first kappa shape index (κ1) is 13.3. The number of hydrogen-bond donors (Lipinski definition) is 0. The van der Waals surface area contributed by atoms with E-state index in [0.717, 1.165) is 30.2 Å². The molecule has 2 nitrogen and oxygen atoms in total. The van der Waals surface area contributed by atoms with E-state index in [9.17, 15) is 0 Å². The molecule has 0 aromatic carbocycles. The van der Waals surface area contributed by atoms with Crippen LogP contribution >= 0.6 is 11.6 Å². The summed E-state index contributed by atoms with van der Waals surface area (Å²) >= 11 is 5.79. The van der Waals surface area contributed by atoms with Crippen molar-refractivity contribution < 1.29 is 4.74 Å². The van der Waals surface area contributed by atoms with E-state index in [1.54, 1.807) is 0 Å². The maximum Gasteiger partial charge on any atom is 0.213 e. The number of hydrogen-bond acceptors (Lipinski definition) is 2. The van der Waals surface area contributed by atoms with Crippen LogP contribution in [0.15, 0.2) is 12.1 Å². The van der Waals surface area contributed by atoms with Gasteiger partial charge in [-0.15, -0.1) is 11.6 Å². The molecule has 0 aliphatic carbocycles. The lowest BCUT2D eigenvalue weighted by molar-refractivity contribution is 0.286. The Morgan fingerprint density at radius 1 is 1.38 bits per heavy atom. The topological polar surface area (TPSA) is 22.1 Å². The van der Waals surface area contributed by atoms with E-state index in [1.165, 1.54) is 6.42 Å². The molecule has 0 atom stereocenters. The average Bonchev–Trinajstić information content (AvgIpc) is 2.23. The molecular formula is C13H20ClNO. The van der Waals surface area contributed by atoms with E-state index < -0.39 is 0 Å². The molecule has 0 N–H and O–H groups in total. The molecule has 0 bridgehead atoms. The highest BCUT2D eigenvalue weighted by atomic mass is 35.5. The predicted molar refractivity (Wildman–Crippen MR) is 68.1 cm³/mol. The third-order valence-electron chi connectivity index (χ3n) is 2.32. The van der Waals surface area contributed by atoms with Gasteiger partial charge in [-0.3, -0.25) is 0 Å². The minimum Gasteiger partial charge on any atom is -0.478 e. The largest absolute Gasteiger partial charge is 0.478 e. The van der Waals surface area contributed by atoms with Crippen molar-refractivity contribution >= 4 is 11.6 Å². The van der Waals surface area contributed by atoms with Gasteiger partial charge < -0.3 is 4.74 Å². The van der Waals surface area contributed by atoms with Crippen LogP contribution in [0.4, 0.5) is 0 Å². The van der Waals surface area contributed by atoms with Gasteiger partial charge >= 0.3 is 0 Å². The summed E-state index contributed by atoms with van der Waals surface area (Å²) in [7, 11) is 0. The Morgan fingerprint density at radius 2 is 2.12 bits per heavy atom. The van der Waals surface area contributed by atoms with Crippen LogP contribution in [0, 0.1) is 12.8 Å². The number of aromatic nitrogens is 1. The average molecular weight is 242 g/mol.